The van der Waals surface area contributed by atoms with Crippen LogP contribution in [0.25, 0.3) is 0 Å². The van der Waals surface area contributed by atoms with Crippen LogP contribution in [-0.4, -0.2) is 11.1 Å². The molecule has 0 saturated heterocycles. The van der Waals surface area contributed by atoms with Gasteiger partial charge in [-0.1, -0.05) is 52.5 Å². The van der Waals surface area contributed by atoms with Crippen molar-refractivity contribution in [2.75, 3.05) is 0 Å². The summed E-state index contributed by atoms with van der Waals surface area (Å²) in [5.74, 6) is 1.89. The molecule has 1 aliphatic rings. The fourth-order valence-electron chi connectivity index (χ4n) is 3.63. The molecule has 0 unspecified atom stereocenters. The number of allylic oxidation sites excluding steroid dienone is 1. The van der Waals surface area contributed by atoms with Gasteiger partial charge in [0.2, 0.25) is 0 Å². The molecular weight excluding hydrogens is 224 g/mol. The first kappa shape index (κ1) is 14.8. The van der Waals surface area contributed by atoms with Crippen molar-refractivity contribution >= 4 is 5.97 Å². The summed E-state index contributed by atoms with van der Waals surface area (Å²) in [6.45, 7) is 12.0. The third-order valence-electron chi connectivity index (χ3n) is 5.27. The van der Waals surface area contributed by atoms with Crippen LogP contribution in [0, 0.1) is 28.6 Å². The smallest absolute Gasteiger partial charge is 0.315 e. The maximum Gasteiger partial charge on any atom is 0.315 e. The van der Waals surface area contributed by atoms with Crippen molar-refractivity contribution < 1.29 is 9.90 Å². The van der Waals surface area contributed by atoms with Crippen molar-refractivity contribution in [1.29, 1.82) is 0 Å². The second-order valence-corrected chi connectivity index (χ2v) is 6.35. The van der Waals surface area contributed by atoms with Crippen molar-refractivity contribution in [3.8, 4) is 12.3 Å². The largest absolute Gasteiger partial charge is 0.481 e. The third-order valence-corrected chi connectivity index (χ3v) is 5.27. The lowest BCUT2D eigenvalue weighted by molar-refractivity contribution is -0.143. The summed E-state index contributed by atoms with van der Waals surface area (Å²) in [7, 11) is 0. The number of hydrogen-bond donors (Lipinski definition) is 1. The van der Waals surface area contributed by atoms with Crippen LogP contribution in [0.4, 0.5) is 0 Å². The van der Waals surface area contributed by atoms with Crippen molar-refractivity contribution in [2.45, 2.75) is 54.4 Å². The van der Waals surface area contributed by atoms with Gasteiger partial charge in [-0.2, -0.15) is 0 Å². The van der Waals surface area contributed by atoms with Gasteiger partial charge in [0.15, 0.2) is 0 Å². The molecule has 1 aliphatic carbocycles. The van der Waals surface area contributed by atoms with E-state index in [1.54, 1.807) is 0 Å². The lowest BCUT2D eigenvalue weighted by atomic mass is 9.82. The molecular formula is C16H24O2. The van der Waals surface area contributed by atoms with E-state index < -0.39 is 11.4 Å². The van der Waals surface area contributed by atoms with Gasteiger partial charge < -0.3 is 5.11 Å². The first-order chi connectivity index (χ1) is 8.12. The monoisotopic (exact) mass is 248 g/mol. The van der Waals surface area contributed by atoms with Gasteiger partial charge >= 0.3 is 5.97 Å². The van der Waals surface area contributed by atoms with E-state index in [0.29, 0.717) is 5.57 Å². The molecule has 0 radical (unpaired) electrons. The summed E-state index contributed by atoms with van der Waals surface area (Å²) in [5, 5.41) is 9.76. The average Bonchev–Trinajstić information content (AvgIpc) is 2.58. The van der Waals surface area contributed by atoms with Gasteiger partial charge in [-0.3, -0.25) is 4.79 Å². The summed E-state index contributed by atoms with van der Waals surface area (Å²) in [4.78, 5) is 11.9. The highest BCUT2D eigenvalue weighted by Crippen LogP contribution is 2.81. The second-order valence-electron chi connectivity index (χ2n) is 6.35. The molecule has 0 aromatic carbocycles. The summed E-state index contributed by atoms with van der Waals surface area (Å²) in [6.07, 6.45) is 7.48. The molecule has 1 saturated carbocycles. The molecule has 1 N–H and O–H groups in total. The Balaban J connectivity index is 3.49. The zero-order chi connectivity index (χ0) is 14.4. The Kier molecular flexibility index (Phi) is 3.42. The minimum absolute atomic E-state index is 0.317. The zero-order valence-corrected chi connectivity index (χ0v) is 12.3. The van der Waals surface area contributed by atoms with E-state index in [2.05, 4.69) is 12.8 Å². The molecule has 0 aliphatic heterocycles. The van der Waals surface area contributed by atoms with Crippen molar-refractivity contribution in [2.24, 2.45) is 16.2 Å². The SMILES string of the molecule is C#CC(=C(C)CCC)C1(C(=O)O)C(C)(C)C1(C)C. The van der Waals surface area contributed by atoms with Gasteiger partial charge in [0.25, 0.3) is 0 Å². The first-order valence-electron chi connectivity index (χ1n) is 6.53. The highest BCUT2D eigenvalue weighted by molar-refractivity contribution is 5.88. The quantitative estimate of drug-likeness (QED) is 0.767. The van der Waals surface area contributed by atoms with Gasteiger partial charge in [0.05, 0.1) is 0 Å². The Morgan fingerprint density at radius 3 is 1.89 bits per heavy atom. The highest BCUT2D eigenvalue weighted by atomic mass is 16.4. The fourth-order valence-corrected chi connectivity index (χ4v) is 3.63. The minimum atomic E-state index is -0.909. The molecule has 1 rings (SSSR count). The Hall–Kier alpha value is -1.23. The van der Waals surface area contributed by atoms with E-state index in [0.717, 1.165) is 18.4 Å². The molecule has 0 bridgehead atoms. The fraction of sp³-hybridized carbons (Fsp3) is 0.688. The maximum absolute atomic E-state index is 11.9. The van der Waals surface area contributed by atoms with Crippen molar-refractivity contribution in [3.63, 3.8) is 0 Å². The van der Waals surface area contributed by atoms with E-state index >= 15 is 0 Å². The van der Waals surface area contributed by atoms with Gasteiger partial charge in [-0.25, -0.2) is 0 Å². The number of hydrogen-bond acceptors (Lipinski definition) is 1. The molecule has 0 aromatic rings. The second kappa shape index (κ2) is 4.16. The van der Waals surface area contributed by atoms with E-state index in [1.165, 1.54) is 0 Å². The van der Waals surface area contributed by atoms with Crippen LogP contribution < -0.4 is 0 Å². The molecule has 18 heavy (non-hydrogen) atoms. The van der Waals surface area contributed by atoms with E-state index in [-0.39, 0.29) is 10.8 Å². The Bertz CT molecular complexity index is 430. The predicted molar refractivity (Wildman–Crippen MR) is 74.1 cm³/mol. The molecule has 0 heterocycles. The molecule has 1 fully saturated rings. The summed E-state index contributed by atoms with van der Waals surface area (Å²) in [5.41, 5.74) is 0.187. The molecule has 0 atom stereocenters. The molecule has 2 nitrogen and oxygen atoms in total. The van der Waals surface area contributed by atoms with E-state index in [9.17, 15) is 9.90 Å². The maximum atomic E-state index is 11.9. The van der Waals surface area contributed by atoms with E-state index in [4.69, 9.17) is 6.42 Å². The normalized spacial score (nSPS) is 23.8. The molecule has 0 amide bonds. The van der Waals surface area contributed by atoms with Crippen molar-refractivity contribution in [3.05, 3.63) is 11.1 Å². The first-order valence-corrected chi connectivity index (χ1v) is 6.53. The van der Waals surface area contributed by atoms with E-state index in [1.807, 2.05) is 34.6 Å². The van der Waals surface area contributed by atoms with Gasteiger partial charge in [-0.15, -0.1) is 6.42 Å². The number of carbonyl (C=O) groups is 1. The Morgan fingerprint density at radius 1 is 1.22 bits per heavy atom. The highest BCUT2D eigenvalue weighted by Gasteiger charge is 2.83. The number of aliphatic carboxylic acids is 1. The average molecular weight is 248 g/mol. The summed E-state index contributed by atoms with van der Waals surface area (Å²) >= 11 is 0. The van der Waals surface area contributed by atoms with Gasteiger partial charge in [-0.05, 0) is 24.2 Å². The standard InChI is InChI=1S/C16H24O2/c1-8-10-11(3)12(9-2)16(13(17)18)14(4,5)15(16,6)7/h2H,8,10H2,1,3-7H3,(H,17,18). The zero-order valence-electron chi connectivity index (χ0n) is 12.3. The van der Waals surface area contributed by atoms with Crippen molar-refractivity contribution in [1.82, 2.24) is 0 Å². The topological polar surface area (TPSA) is 37.3 Å². The van der Waals surface area contributed by atoms with Gasteiger partial charge in [0, 0.05) is 5.57 Å². The Morgan fingerprint density at radius 2 is 1.67 bits per heavy atom. The van der Waals surface area contributed by atoms with Crippen LogP contribution in [0.15, 0.2) is 11.1 Å². The lowest BCUT2D eigenvalue weighted by Crippen LogP contribution is -2.26. The summed E-state index contributed by atoms with van der Waals surface area (Å²) in [6, 6.07) is 0. The van der Waals surface area contributed by atoms with Crippen LogP contribution in [0.5, 0.6) is 0 Å². The number of carboxylic acids is 1. The Labute approximate surface area is 110 Å². The van der Waals surface area contributed by atoms with Crippen LogP contribution in [0.1, 0.15) is 54.4 Å². The number of carboxylic acid groups (broad SMARTS) is 1. The molecule has 2 heteroatoms. The van der Waals surface area contributed by atoms with Crippen LogP contribution in [-0.2, 0) is 4.79 Å². The molecule has 0 aromatic heterocycles. The third kappa shape index (κ3) is 1.40. The number of rotatable bonds is 4. The predicted octanol–water partition coefficient (Wildman–Crippen LogP) is 3.87. The molecule has 0 spiro atoms. The lowest BCUT2D eigenvalue weighted by Gasteiger charge is -2.19. The number of terminal acetylenes is 1. The van der Waals surface area contributed by atoms with Crippen LogP contribution in [0.2, 0.25) is 0 Å². The van der Waals surface area contributed by atoms with Gasteiger partial charge in [0.1, 0.15) is 5.41 Å². The van der Waals surface area contributed by atoms with Crippen LogP contribution in [0.3, 0.4) is 0 Å². The summed E-state index contributed by atoms with van der Waals surface area (Å²) < 4.78 is 0. The molecule has 100 valence electrons. The van der Waals surface area contributed by atoms with Crippen LogP contribution >= 0.6 is 0 Å². The minimum Gasteiger partial charge on any atom is -0.481 e.